The predicted octanol–water partition coefficient (Wildman–Crippen LogP) is 2.50. The van der Waals surface area contributed by atoms with Crippen LogP contribution in [0.3, 0.4) is 0 Å². The van der Waals surface area contributed by atoms with E-state index in [1.165, 1.54) is 11.3 Å². The first kappa shape index (κ1) is 14.2. The van der Waals surface area contributed by atoms with Gasteiger partial charge in [0.2, 0.25) is 0 Å². The quantitative estimate of drug-likeness (QED) is 0.854. The highest BCUT2D eigenvalue weighted by molar-refractivity contribution is 5.77. The molecule has 2 bridgehead atoms. The highest BCUT2D eigenvalue weighted by Gasteiger charge is 2.45. The molecule has 0 aromatic rings. The smallest absolute Gasteiger partial charge is 0.411 e. The molecular weight excluding hydrogens is 246 g/mol. The summed E-state index contributed by atoms with van der Waals surface area (Å²) in [5.41, 5.74) is -0.592. The topological polar surface area (TPSA) is 66.8 Å². The molecule has 2 aliphatic carbocycles. The van der Waals surface area contributed by atoms with E-state index in [4.69, 9.17) is 9.84 Å². The number of hydrogen-bond acceptors (Lipinski definition) is 3. The fourth-order valence-electron chi connectivity index (χ4n) is 3.38. The van der Waals surface area contributed by atoms with Crippen LogP contribution in [-0.2, 0) is 9.53 Å². The van der Waals surface area contributed by atoms with Crippen molar-refractivity contribution >= 4 is 12.1 Å². The van der Waals surface area contributed by atoms with Crippen LogP contribution in [0.1, 0.15) is 46.5 Å². The molecule has 0 heterocycles. The second kappa shape index (κ2) is 5.02. The maximum atomic E-state index is 12.2. The maximum Gasteiger partial charge on any atom is 0.411 e. The first-order chi connectivity index (χ1) is 8.76. The van der Waals surface area contributed by atoms with E-state index in [1.807, 2.05) is 0 Å². The van der Waals surface area contributed by atoms with Gasteiger partial charge < -0.3 is 9.84 Å². The van der Waals surface area contributed by atoms with Gasteiger partial charge in [-0.05, 0) is 51.9 Å². The maximum absolute atomic E-state index is 12.2. The highest BCUT2D eigenvalue weighted by atomic mass is 16.6. The summed E-state index contributed by atoms with van der Waals surface area (Å²) >= 11 is 0. The second-order valence-corrected chi connectivity index (χ2v) is 6.74. The Bertz CT molecular complexity index is 374. The molecule has 0 saturated heterocycles. The molecule has 19 heavy (non-hydrogen) atoms. The first-order valence-corrected chi connectivity index (χ1v) is 6.97. The average Bonchev–Trinajstić information content (AvgIpc) is 2.84. The minimum atomic E-state index is -0.978. The Hall–Kier alpha value is -1.26. The zero-order valence-electron chi connectivity index (χ0n) is 11.9. The van der Waals surface area contributed by atoms with Gasteiger partial charge in [0.1, 0.15) is 12.1 Å². The molecule has 2 saturated carbocycles. The molecule has 0 spiro atoms. The summed E-state index contributed by atoms with van der Waals surface area (Å²) in [5, 5.41) is 9.01. The monoisotopic (exact) mass is 269 g/mol. The Morgan fingerprint density at radius 2 is 1.95 bits per heavy atom. The summed E-state index contributed by atoms with van der Waals surface area (Å²) in [6, 6.07) is 0.0460. The molecule has 3 atom stereocenters. The minimum Gasteiger partial charge on any atom is -0.480 e. The molecule has 3 unspecified atom stereocenters. The van der Waals surface area contributed by atoms with Crippen molar-refractivity contribution in [1.82, 2.24) is 4.90 Å². The van der Waals surface area contributed by atoms with E-state index in [-0.39, 0.29) is 12.6 Å². The molecule has 1 N–H and O–H groups in total. The molecular formula is C14H23NO4. The van der Waals surface area contributed by atoms with Crippen molar-refractivity contribution < 1.29 is 19.4 Å². The third kappa shape index (κ3) is 3.39. The van der Waals surface area contributed by atoms with Crippen LogP contribution in [0.5, 0.6) is 0 Å². The summed E-state index contributed by atoms with van der Waals surface area (Å²) < 4.78 is 5.34. The predicted molar refractivity (Wildman–Crippen MR) is 69.8 cm³/mol. The van der Waals surface area contributed by atoms with Crippen LogP contribution in [0.4, 0.5) is 4.79 Å². The van der Waals surface area contributed by atoms with Gasteiger partial charge in [-0.3, -0.25) is 9.69 Å². The molecule has 5 nitrogen and oxygen atoms in total. The second-order valence-electron chi connectivity index (χ2n) is 6.74. The number of aliphatic carboxylic acids is 1. The van der Waals surface area contributed by atoms with E-state index in [1.54, 1.807) is 20.8 Å². The summed E-state index contributed by atoms with van der Waals surface area (Å²) in [5.74, 6) is 0.138. The Morgan fingerprint density at radius 3 is 2.37 bits per heavy atom. The van der Waals surface area contributed by atoms with Crippen LogP contribution in [0.25, 0.3) is 0 Å². The van der Waals surface area contributed by atoms with Crippen LogP contribution in [0.15, 0.2) is 0 Å². The zero-order valence-corrected chi connectivity index (χ0v) is 11.9. The van der Waals surface area contributed by atoms with Gasteiger partial charge in [-0.25, -0.2) is 4.79 Å². The van der Waals surface area contributed by atoms with Gasteiger partial charge in [0.15, 0.2) is 0 Å². The molecule has 1 amide bonds. The van der Waals surface area contributed by atoms with Gasteiger partial charge in [-0.15, -0.1) is 0 Å². The number of ether oxygens (including phenoxy) is 1. The summed E-state index contributed by atoms with van der Waals surface area (Å²) in [6.45, 7) is 5.13. The van der Waals surface area contributed by atoms with Crippen molar-refractivity contribution in [3.63, 3.8) is 0 Å². The van der Waals surface area contributed by atoms with Crippen LogP contribution >= 0.6 is 0 Å². The highest BCUT2D eigenvalue weighted by Crippen LogP contribution is 2.46. The lowest BCUT2D eigenvalue weighted by Gasteiger charge is -2.34. The van der Waals surface area contributed by atoms with Crippen molar-refractivity contribution in [2.75, 3.05) is 6.54 Å². The summed E-state index contributed by atoms with van der Waals surface area (Å²) in [4.78, 5) is 24.6. The van der Waals surface area contributed by atoms with Crippen LogP contribution in [0, 0.1) is 11.8 Å². The van der Waals surface area contributed by atoms with Gasteiger partial charge in [0.25, 0.3) is 0 Å². The SMILES string of the molecule is CC(C)(C)OC(=O)N(CC(=O)O)C1CC2CCC1C2. The third-order valence-corrected chi connectivity index (χ3v) is 4.03. The number of carboxylic acid groups (broad SMARTS) is 1. The van der Waals surface area contributed by atoms with Crippen LogP contribution in [0.2, 0.25) is 0 Å². The molecule has 0 aliphatic heterocycles. The molecule has 0 aromatic carbocycles. The number of carbonyl (C=O) groups is 2. The number of carboxylic acids is 1. The van der Waals surface area contributed by atoms with Crippen LogP contribution in [-0.4, -0.2) is 40.3 Å². The Balaban J connectivity index is 2.07. The number of carbonyl (C=O) groups excluding carboxylic acids is 1. The average molecular weight is 269 g/mol. The molecule has 2 rings (SSSR count). The van der Waals surface area contributed by atoms with Gasteiger partial charge >= 0.3 is 12.1 Å². The normalized spacial score (nSPS) is 29.3. The van der Waals surface area contributed by atoms with E-state index < -0.39 is 17.7 Å². The summed E-state index contributed by atoms with van der Waals surface area (Å²) in [6.07, 6.45) is 3.89. The number of fused-ring (bicyclic) bond motifs is 2. The van der Waals surface area contributed by atoms with Crippen molar-refractivity contribution in [1.29, 1.82) is 0 Å². The zero-order chi connectivity index (χ0) is 14.2. The van der Waals surface area contributed by atoms with Crippen molar-refractivity contribution in [3.05, 3.63) is 0 Å². The lowest BCUT2D eigenvalue weighted by Crippen LogP contribution is -2.48. The fourth-order valence-corrected chi connectivity index (χ4v) is 3.38. The number of nitrogens with zero attached hydrogens (tertiary/aromatic N) is 1. The molecule has 2 aliphatic rings. The van der Waals surface area contributed by atoms with E-state index in [0.29, 0.717) is 11.8 Å². The summed E-state index contributed by atoms with van der Waals surface area (Å²) in [7, 11) is 0. The number of amides is 1. The molecule has 0 aromatic heterocycles. The number of rotatable bonds is 3. The Kier molecular flexibility index (Phi) is 3.74. The van der Waals surface area contributed by atoms with Crippen LogP contribution < -0.4 is 0 Å². The molecule has 0 radical (unpaired) electrons. The lowest BCUT2D eigenvalue weighted by molar-refractivity contribution is -0.139. The van der Waals surface area contributed by atoms with E-state index in [0.717, 1.165) is 19.3 Å². The first-order valence-electron chi connectivity index (χ1n) is 6.97. The van der Waals surface area contributed by atoms with Crippen molar-refractivity contribution in [2.45, 2.75) is 58.1 Å². The standard InChI is InChI=1S/C14H23NO4/c1-14(2,3)19-13(18)15(8-12(16)17)11-7-9-4-5-10(11)6-9/h9-11H,4-8H2,1-3H3,(H,16,17). The van der Waals surface area contributed by atoms with Gasteiger partial charge in [0.05, 0.1) is 0 Å². The third-order valence-electron chi connectivity index (χ3n) is 4.03. The molecule has 108 valence electrons. The van der Waals surface area contributed by atoms with E-state index in [9.17, 15) is 9.59 Å². The van der Waals surface area contributed by atoms with Crippen molar-refractivity contribution in [3.8, 4) is 0 Å². The van der Waals surface area contributed by atoms with E-state index in [2.05, 4.69) is 0 Å². The molecule has 5 heteroatoms. The van der Waals surface area contributed by atoms with Gasteiger partial charge in [-0.1, -0.05) is 6.42 Å². The lowest BCUT2D eigenvalue weighted by atomic mass is 9.94. The van der Waals surface area contributed by atoms with E-state index >= 15 is 0 Å². The minimum absolute atomic E-state index is 0.0460. The van der Waals surface area contributed by atoms with Gasteiger partial charge in [0, 0.05) is 6.04 Å². The largest absolute Gasteiger partial charge is 0.480 e. The Morgan fingerprint density at radius 1 is 1.26 bits per heavy atom. The molecule has 2 fully saturated rings. The Labute approximate surface area is 113 Å². The fraction of sp³-hybridized carbons (Fsp3) is 0.857. The van der Waals surface area contributed by atoms with Gasteiger partial charge in [-0.2, -0.15) is 0 Å². The number of hydrogen-bond donors (Lipinski definition) is 1. The van der Waals surface area contributed by atoms with Crippen molar-refractivity contribution in [2.24, 2.45) is 11.8 Å².